The number of benzene rings is 1. The molecule has 0 aliphatic carbocycles. The van der Waals surface area contributed by atoms with E-state index in [1.807, 2.05) is 0 Å². The third-order valence-electron chi connectivity index (χ3n) is 5.98. The summed E-state index contributed by atoms with van der Waals surface area (Å²) in [5.41, 5.74) is 0.842. The van der Waals surface area contributed by atoms with Gasteiger partial charge in [0.05, 0.1) is 0 Å². The second-order valence-corrected chi connectivity index (χ2v) is 8.77. The number of piperidine rings is 1. The highest BCUT2D eigenvalue weighted by molar-refractivity contribution is 5.79. The van der Waals surface area contributed by atoms with Crippen LogP contribution in [-0.2, 0) is 17.8 Å². The van der Waals surface area contributed by atoms with Gasteiger partial charge in [0, 0.05) is 37.0 Å². The topological polar surface area (TPSA) is 63.1 Å². The first kappa shape index (κ1) is 20.0. The van der Waals surface area contributed by atoms with E-state index < -0.39 is 0 Å². The van der Waals surface area contributed by atoms with Gasteiger partial charge in [-0.25, -0.2) is 4.39 Å². The monoisotopic (exact) mass is 399 g/mol. The molecule has 1 amide bonds. The van der Waals surface area contributed by atoms with Gasteiger partial charge in [0.1, 0.15) is 11.6 Å². The van der Waals surface area contributed by atoms with Crippen LogP contribution in [0.5, 0.6) is 0 Å². The lowest BCUT2D eigenvalue weighted by atomic mass is 9.94. The van der Waals surface area contributed by atoms with Gasteiger partial charge in [-0.05, 0) is 62.5 Å². The zero-order valence-electron chi connectivity index (χ0n) is 17.3. The van der Waals surface area contributed by atoms with Crippen molar-refractivity contribution in [1.29, 1.82) is 0 Å². The molecular formula is C22H30FN5O. The van der Waals surface area contributed by atoms with Crippen molar-refractivity contribution in [3.8, 4) is 11.4 Å². The van der Waals surface area contributed by atoms with Gasteiger partial charge in [0.2, 0.25) is 5.91 Å². The second kappa shape index (κ2) is 8.61. The highest BCUT2D eigenvalue weighted by atomic mass is 19.1. The quantitative estimate of drug-likeness (QED) is 0.840. The van der Waals surface area contributed by atoms with Crippen LogP contribution in [0.3, 0.4) is 0 Å². The van der Waals surface area contributed by atoms with Crippen molar-refractivity contribution in [2.45, 2.75) is 52.1 Å². The minimum Gasteiger partial charge on any atom is -0.351 e. The van der Waals surface area contributed by atoms with Gasteiger partial charge in [-0.1, -0.05) is 13.8 Å². The lowest BCUT2D eigenvalue weighted by Gasteiger charge is -2.33. The van der Waals surface area contributed by atoms with Gasteiger partial charge in [-0.2, -0.15) is 0 Å². The molecule has 1 atom stereocenters. The van der Waals surface area contributed by atoms with E-state index in [1.165, 1.54) is 12.1 Å². The smallest absolute Gasteiger partial charge is 0.223 e. The average Bonchev–Trinajstić information content (AvgIpc) is 3.12. The number of amides is 1. The summed E-state index contributed by atoms with van der Waals surface area (Å²) in [4.78, 5) is 15.3. The lowest BCUT2D eigenvalue weighted by Crippen LogP contribution is -2.47. The summed E-state index contributed by atoms with van der Waals surface area (Å²) in [5, 5.41) is 11.9. The molecular weight excluding hydrogens is 369 g/mol. The minimum atomic E-state index is -0.267. The van der Waals surface area contributed by atoms with E-state index in [4.69, 9.17) is 0 Å². The Morgan fingerprint density at radius 3 is 2.59 bits per heavy atom. The molecule has 0 bridgehead atoms. The summed E-state index contributed by atoms with van der Waals surface area (Å²) in [6.45, 7) is 8.26. The van der Waals surface area contributed by atoms with Crippen LogP contribution in [-0.4, -0.2) is 51.2 Å². The van der Waals surface area contributed by atoms with E-state index in [0.717, 1.165) is 62.5 Å². The van der Waals surface area contributed by atoms with Crippen molar-refractivity contribution in [2.75, 3.05) is 19.6 Å². The summed E-state index contributed by atoms with van der Waals surface area (Å²) in [7, 11) is 0. The fourth-order valence-corrected chi connectivity index (χ4v) is 4.47. The van der Waals surface area contributed by atoms with Gasteiger partial charge in [0.25, 0.3) is 0 Å². The van der Waals surface area contributed by atoms with Crippen molar-refractivity contribution in [1.82, 2.24) is 25.0 Å². The van der Waals surface area contributed by atoms with Crippen molar-refractivity contribution >= 4 is 5.91 Å². The molecule has 1 saturated heterocycles. The molecule has 7 heteroatoms. The Kier molecular flexibility index (Phi) is 5.94. The number of nitrogens with zero attached hydrogens (tertiary/aromatic N) is 4. The van der Waals surface area contributed by atoms with E-state index in [9.17, 15) is 9.18 Å². The molecule has 2 aromatic rings. The molecule has 3 heterocycles. The third kappa shape index (κ3) is 4.66. The van der Waals surface area contributed by atoms with Crippen LogP contribution < -0.4 is 5.32 Å². The molecule has 2 aliphatic rings. The summed E-state index contributed by atoms with van der Waals surface area (Å²) in [6, 6.07) is 6.40. The SMILES string of the molecule is CC(C)CN1CCC(C(=O)N[C@@H]2CCc3nnc(-c4ccc(F)cc4)n3C2)CC1. The Hall–Kier alpha value is -2.28. The lowest BCUT2D eigenvalue weighted by molar-refractivity contribution is -0.127. The Balaban J connectivity index is 1.36. The predicted molar refractivity (Wildman–Crippen MR) is 110 cm³/mol. The molecule has 0 saturated carbocycles. The van der Waals surface area contributed by atoms with Crippen LogP contribution in [0.2, 0.25) is 0 Å². The Morgan fingerprint density at radius 1 is 1.17 bits per heavy atom. The summed E-state index contributed by atoms with van der Waals surface area (Å²) >= 11 is 0. The molecule has 1 fully saturated rings. The summed E-state index contributed by atoms with van der Waals surface area (Å²) in [6.07, 6.45) is 3.53. The van der Waals surface area contributed by atoms with Crippen LogP contribution in [0.1, 0.15) is 38.9 Å². The fourth-order valence-electron chi connectivity index (χ4n) is 4.47. The second-order valence-electron chi connectivity index (χ2n) is 8.77. The van der Waals surface area contributed by atoms with Crippen LogP contribution in [0.25, 0.3) is 11.4 Å². The number of hydrogen-bond acceptors (Lipinski definition) is 4. The van der Waals surface area contributed by atoms with Crippen LogP contribution in [0, 0.1) is 17.7 Å². The number of carbonyl (C=O) groups is 1. The van der Waals surface area contributed by atoms with Gasteiger partial charge in [-0.15, -0.1) is 10.2 Å². The molecule has 29 heavy (non-hydrogen) atoms. The van der Waals surface area contributed by atoms with Gasteiger partial charge in [-0.3, -0.25) is 4.79 Å². The highest BCUT2D eigenvalue weighted by Crippen LogP contribution is 2.24. The van der Waals surface area contributed by atoms with E-state index in [0.29, 0.717) is 12.5 Å². The third-order valence-corrected chi connectivity index (χ3v) is 5.98. The Labute approximate surface area is 171 Å². The summed E-state index contributed by atoms with van der Waals surface area (Å²) in [5.74, 6) is 2.35. The molecule has 1 N–H and O–H groups in total. The molecule has 0 unspecified atom stereocenters. The normalized spacial score (nSPS) is 20.6. The largest absolute Gasteiger partial charge is 0.351 e. The number of likely N-dealkylation sites (tertiary alicyclic amines) is 1. The first-order chi connectivity index (χ1) is 14.0. The van der Waals surface area contributed by atoms with Gasteiger partial charge in [0.15, 0.2) is 5.82 Å². The number of carbonyl (C=O) groups excluding carboxylic acids is 1. The molecule has 1 aromatic heterocycles. The maximum Gasteiger partial charge on any atom is 0.223 e. The highest BCUT2D eigenvalue weighted by Gasteiger charge is 2.29. The van der Waals surface area contributed by atoms with Crippen LogP contribution >= 0.6 is 0 Å². The summed E-state index contributed by atoms with van der Waals surface area (Å²) < 4.78 is 15.3. The number of fused-ring (bicyclic) bond motifs is 1. The molecule has 0 spiro atoms. The van der Waals surface area contributed by atoms with Gasteiger partial charge < -0.3 is 14.8 Å². The zero-order chi connectivity index (χ0) is 20.4. The van der Waals surface area contributed by atoms with E-state index in [-0.39, 0.29) is 23.7 Å². The van der Waals surface area contributed by atoms with Crippen LogP contribution in [0.15, 0.2) is 24.3 Å². The van der Waals surface area contributed by atoms with E-state index in [2.05, 4.69) is 38.8 Å². The fraction of sp³-hybridized carbons (Fsp3) is 0.591. The van der Waals surface area contributed by atoms with Crippen LogP contribution in [0.4, 0.5) is 4.39 Å². The number of nitrogens with one attached hydrogen (secondary N) is 1. The van der Waals surface area contributed by atoms with Gasteiger partial charge >= 0.3 is 0 Å². The van der Waals surface area contributed by atoms with Crippen molar-refractivity contribution in [2.24, 2.45) is 11.8 Å². The van der Waals surface area contributed by atoms with Crippen molar-refractivity contribution in [3.05, 3.63) is 35.9 Å². The Bertz CT molecular complexity index is 839. The Morgan fingerprint density at radius 2 is 1.90 bits per heavy atom. The number of aromatic nitrogens is 3. The molecule has 0 radical (unpaired) electrons. The molecule has 4 rings (SSSR count). The van der Waals surface area contributed by atoms with E-state index in [1.54, 1.807) is 12.1 Å². The molecule has 2 aliphatic heterocycles. The number of halogens is 1. The van der Waals surface area contributed by atoms with Crippen molar-refractivity contribution < 1.29 is 9.18 Å². The zero-order valence-corrected chi connectivity index (χ0v) is 17.3. The van der Waals surface area contributed by atoms with E-state index >= 15 is 0 Å². The van der Waals surface area contributed by atoms with Crippen molar-refractivity contribution in [3.63, 3.8) is 0 Å². The standard InChI is InChI=1S/C22H30FN5O/c1-15(2)13-27-11-9-17(10-12-27)22(29)24-19-7-8-20-25-26-21(28(20)14-19)16-3-5-18(23)6-4-16/h3-6,15,17,19H,7-14H2,1-2H3,(H,24,29)/t19-/m1/s1. The first-order valence-corrected chi connectivity index (χ1v) is 10.7. The molecule has 1 aromatic carbocycles. The molecule has 6 nitrogen and oxygen atoms in total. The average molecular weight is 400 g/mol. The number of rotatable bonds is 5. The number of aryl methyl sites for hydroxylation is 1. The molecule has 156 valence electrons. The maximum atomic E-state index is 13.2. The predicted octanol–water partition coefficient (Wildman–Crippen LogP) is 2.88. The maximum absolute atomic E-state index is 13.2. The minimum absolute atomic E-state index is 0.0823. The number of hydrogen-bond donors (Lipinski definition) is 1. The first-order valence-electron chi connectivity index (χ1n) is 10.7.